The Balaban J connectivity index is 1.45. The van der Waals surface area contributed by atoms with Gasteiger partial charge in [-0.2, -0.15) is 0 Å². The van der Waals surface area contributed by atoms with Crippen molar-refractivity contribution in [2.24, 2.45) is 11.8 Å². The minimum Gasteiger partial charge on any atom is -0.316 e. The van der Waals surface area contributed by atoms with Crippen LogP contribution < -0.4 is 16.2 Å². The van der Waals surface area contributed by atoms with Crippen LogP contribution in [-0.2, 0) is 4.79 Å². The molecule has 6 nitrogen and oxygen atoms in total. The largest absolute Gasteiger partial charge is 0.316 e. The van der Waals surface area contributed by atoms with E-state index in [4.69, 9.17) is 0 Å². The molecule has 0 spiro atoms. The molecular weight excluding hydrogens is 288 g/mol. The van der Waals surface area contributed by atoms with Crippen molar-refractivity contribution < 1.29 is 9.59 Å². The Morgan fingerprint density at radius 2 is 2.29 bits per heavy atom. The molecule has 3 heterocycles. The van der Waals surface area contributed by atoms with Crippen molar-refractivity contribution in [3.05, 3.63) is 22.4 Å². The van der Waals surface area contributed by atoms with Crippen molar-refractivity contribution in [2.75, 3.05) is 26.2 Å². The molecular formula is C14H20N4O2S. The average molecular weight is 308 g/mol. The number of hydrazine groups is 1. The van der Waals surface area contributed by atoms with E-state index in [1.807, 2.05) is 5.38 Å². The molecule has 114 valence electrons. The van der Waals surface area contributed by atoms with Gasteiger partial charge in [0.15, 0.2) is 0 Å². The molecule has 2 saturated heterocycles. The van der Waals surface area contributed by atoms with Gasteiger partial charge in [-0.15, -0.1) is 11.3 Å². The lowest BCUT2D eigenvalue weighted by Crippen LogP contribution is -2.47. The van der Waals surface area contributed by atoms with E-state index in [-0.39, 0.29) is 11.8 Å². The minimum absolute atomic E-state index is 0.167. The number of carbonyl (C=O) groups is 2. The van der Waals surface area contributed by atoms with Gasteiger partial charge >= 0.3 is 0 Å². The van der Waals surface area contributed by atoms with Crippen LogP contribution in [-0.4, -0.2) is 48.9 Å². The van der Waals surface area contributed by atoms with Gasteiger partial charge < -0.3 is 5.32 Å². The number of likely N-dealkylation sites (tertiary alicyclic amines) is 1. The Kier molecular flexibility index (Phi) is 4.23. The van der Waals surface area contributed by atoms with Gasteiger partial charge in [-0.1, -0.05) is 6.07 Å². The second-order valence-electron chi connectivity index (χ2n) is 5.73. The second-order valence-corrected chi connectivity index (χ2v) is 6.68. The number of rotatable bonds is 3. The normalized spacial score (nSPS) is 28.3. The van der Waals surface area contributed by atoms with Crippen LogP contribution in [0.4, 0.5) is 0 Å². The Labute approximate surface area is 127 Å². The summed E-state index contributed by atoms with van der Waals surface area (Å²) in [7, 11) is 0. The van der Waals surface area contributed by atoms with Crippen LogP contribution >= 0.6 is 11.3 Å². The molecule has 0 bridgehead atoms. The molecule has 1 aromatic rings. The summed E-state index contributed by atoms with van der Waals surface area (Å²) < 4.78 is 0. The molecule has 0 aromatic carbocycles. The van der Waals surface area contributed by atoms with Crippen LogP contribution in [0.15, 0.2) is 17.5 Å². The second kappa shape index (κ2) is 6.13. The van der Waals surface area contributed by atoms with Gasteiger partial charge in [0, 0.05) is 12.6 Å². The Hall–Kier alpha value is -1.44. The predicted molar refractivity (Wildman–Crippen MR) is 80.8 cm³/mol. The van der Waals surface area contributed by atoms with E-state index < -0.39 is 0 Å². The van der Waals surface area contributed by atoms with E-state index in [1.165, 1.54) is 11.3 Å². The van der Waals surface area contributed by atoms with Gasteiger partial charge in [0.05, 0.1) is 11.4 Å². The lowest BCUT2D eigenvalue weighted by atomic mass is 9.95. The first-order valence-electron chi connectivity index (χ1n) is 7.22. The average Bonchev–Trinajstić information content (AvgIpc) is 3.17. The molecule has 2 aliphatic rings. The number of nitrogens with zero attached hydrogens (tertiary/aromatic N) is 1. The number of thiophene rings is 1. The van der Waals surface area contributed by atoms with Gasteiger partial charge in [0.25, 0.3) is 11.8 Å². The van der Waals surface area contributed by atoms with E-state index in [2.05, 4.69) is 28.0 Å². The fourth-order valence-electron chi connectivity index (χ4n) is 3.28. The zero-order chi connectivity index (χ0) is 14.8. The highest BCUT2D eigenvalue weighted by atomic mass is 32.1. The van der Waals surface area contributed by atoms with Gasteiger partial charge in [0.2, 0.25) is 0 Å². The van der Waals surface area contributed by atoms with Crippen LogP contribution in [0.3, 0.4) is 0 Å². The fourth-order valence-corrected chi connectivity index (χ4v) is 3.90. The third-order valence-electron chi connectivity index (χ3n) is 4.46. The van der Waals surface area contributed by atoms with Crippen LogP contribution in [0, 0.1) is 11.8 Å². The van der Waals surface area contributed by atoms with Crippen LogP contribution in [0.5, 0.6) is 0 Å². The van der Waals surface area contributed by atoms with Crippen molar-refractivity contribution in [3.8, 4) is 0 Å². The maximum atomic E-state index is 12.0. The van der Waals surface area contributed by atoms with Gasteiger partial charge in [-0.25, -0.2) is 0 Å². The molecule has 0 saturated carbocycles. The van der Waals surface area contributed by atoms with Gasteiger partial charge in [-0.05, 0) is 43.3 Å². The zero-order valence-electron chi connectivity index (χ0n) is 12.0. The minimum atomic E-state index is -0.270. The summed E-state index contributed by atoms with van der Waals surface area (Å²) in [5.41, 5.74) is 4.95. The number of fused-ring (bicyclic) bond motifs is 1. The lowest BCUT2D eigenvalue weighted by molar-refractivity contribution is -0.123. The number of amides is 2. The fraction of sp³-hybridized carbons (Fsp3) is 0.571. The maximum absolute atomic E-state index is 12.0. The molecule has 0 radical (unpaired) electrons. The molecule has 3 N–H and O–H groups in total. The number of hydrogen-bond donors (Lipinski definition) is 3. The third kappa shape index (κ3) is 3.09. The first kappa shape index (κ1) is 14.5. The standard InChI is InChI=1S/C14H20N4O2S/c1-9-11-6-15-5-10(11)7-18(9)8-13(19)16-17-14(20)12-3-2-4-21-12/h2-4,9-11,15H,5-8H2,1H3,(H,16,19)(H,17,20). The molecule has 3 atom stereocenters. The summed E-state index contributed by atoms with van der Waals surface area (Å²) in [6, 6.07) is 3.94. The highest BCUT2D eigenvalue weighted by Crippen LogP contribution is 2.31. The van der Waals surface area contributed by atoms with E-state index in [0.29, 0.717) is 29.3 Å². The first-order valence-corrected chi connectivity index (χ1v) is 8.10. The zero-order valence-corrected chi connectivity index (χ0v) is 12.8. The van der Waals surface area contributed by atoms with Gasteiger partial charge in [-0.3, -0.25) is 25.3 Å². The van der Waals surface area contributed by atoms with Crippen molar-refractivity contribution >= 4 is 23.2 Å². The summed E-state index contributed by atoms with van der Waals surface area (Å²) in [5.74, 6) is 0.848. The summed E-state index contributed by atoms with van der Waals surface area (Å²) in [6.07, 6.45) is 0. The third-order valence-corrected chi connectivity index (χ3v) is 5.33. The highest BCUT2D eigenvalue weighted by Gasteiger charge is 2.42. The van der Waals surface area contributed by atoms with Crippen LogP contribution in [0.25, 0.3) is 0 Å². The van der Waals surface area contributed by atoms with Crippen LogP contribution in [0.1, 0.15) is 16.6 Å². The molecule has 0 aliphatic carbocycles. The summed E-state index contributed by atoms with van der Waals surface area (Å²) >= 11 is 1.35. The van der Waals surface area contributed by atoms with Crippen LogP contribution in [0.2, 0.25) is 0 Å². The topological polar surface area (TPSA) is 73.5 Å². The van der Waals surface area contributed by atoms with Gasteiger partial charge in [0.1, 0.15) is 0 Å². The summed E-state index contributed by atoms with van der Waals surface area (Å²) in [6.45, 7) is 5.54. The summed E-state index contributed by atoms with van der Waals surface area (Å²) in [5, 5.41) is 5.23. The monoisotopic (exact) mass is 308 g/mol. The molecule has 2 amide bonds. The molecule has 3 unspecified atom stereocenters. The van der Waals surface area contributed by atoms with Crippen molar-refractivity contribution in [2.45, 2.75) is 13.0 Å². The Bertz CT molecular complexity index is 519. The SMILES string of the molecule is CC1C2CNCC2CN1CC(=O)NNC(=O)c1cccs1. The predicted octanol–water partition coefficient (Wildman–Crippen LogP) is 0.0488. The maximum Gasteiger partial charge on any atom is 0.279 e. The molecule has 7 heteroatoms. The summed E-state index contributed by atoms with van der Waals surface area (Å²) in [4.78, 5) is 26.5. The Morgan fingerprint density at radius 1 is 1.43 bits per heavy atom. The molecule has 21 heavy (non-hydrogen) atoms. The molecule has 2 fully saturated rings. The van der Waals surface area contributed by atoms with Crippen molar-refractivity contribution in [3.63, 3.8) is 0 Å². The quantitative estimate of drug-likeness (QED) is 0.690. The first-order chi connectivity index (χ1) is 10.1. The number of hydrogen-bond acceptors (Lipinski definition) is 5. The van der Waals surface area contributed by atoms with E-state index >= 15 is 0 Å². The molecule has 3 rings (SSSR count). The molecule has 2 aliphatic heterocycles. The van der Waals surface area contributed by atoms with Crippen molar-refractivity contribution in [1.82, 2.24) is 21.1 Å². The number of nitrogens with one attached hydrogen (secondary N) is 3. The van der Waals surface area contributed by atoms with E-state index in [9.17, 15) is 9.59 Å². The van der Waals surface area contributed by atoms with E-state index in [1.54, 1.807) is 12.1 Å². The smallest absolute Gasteiger partial charge is 0.279 e. The van der Waals surface area contributed by atoms with Crippen molar-refractivity contribution in [1.29, 1.82) is 0 Å². The molecule has 1 aromatic heterocycles. The Morgan fingerprint density at radius 3 is 3.00 bits per heavy atom. The highest BCUT2D eigenvalue weighted by molar-refractivity contribution is 7.12. The van der Waals surface area contributed by atoms with E-state index in [0.717, 1.165) is 19.6 Å². The lowest BCUT2D eigenvalue weighted by Gasteiger charge is -2.23. The number of carbonyl (C=O) groups excluding carboxylic acids is 2.